The van der Waals surface area contributed by atoms with Crippen LogP contribution in [0.1, 0.15) is 25.7 Å². The summed E-state index contributed by atoms with van der Waals surface area (Å²) in [6.07, 6.45) is 5.12. The minimum Gasteiger partial charge on any atom is -0.385 e. The summed E-state index contributed by atoms with van der Waals surface area (Å²) in [6.45, 7) is 6.13. The Morgan fingerprint density at radius 2 is 1.94 bits per heavy atom. The smallest absolute Gasteiger partial charge is 0.0589 e. The fourth-order valence-electron chi connectivity index (χ4n) is 2.34. The summed E-state index contributed by atoms with van der Waals surface area (Å²) in [4.78, 5) is 2.49. The molecule has 0 amide bonds. The van der Waals surface area contributed by atoms with Gasteiger partial charge in [0.25, 0.3) is 0 Å². The van der Waals surface area contributed by atoms with Gasteiger partial charge < -0.3 is 14.8 Å². The first-order chi connectivity index (χ1) is 8.36. The number of rotatable bonds is 9. The normalized spacial score (nSPS) is 21.0. The van der Waals surface area contributed by atoms with Gasteiger partial charge in [-0.3, -0.25) is 4.90 Å². The summed E-state index contributed by atoms with van der Waals surface area (Å²) in [5.41, 5.74) is 0. The first kappa shape index (κ1) is 14.9. The molecule has 1 aliphatic heterocycles. The number of ether oxygens (including phenoxy) is 2. The van der Waals surface area contributed by atoms with Crippen molar-refractivity contribution in [2.45, 2.75) is 31.7 Å². The standard InChI is InChI=1S/C13H28N2O2/c1-16-10-5-8-15(9-11-17-2)12-13-6-3-4-7-14-13/h13-14H,3-12H2,1-2H3/t13-/m1/s1. The minimum atomic E-state index is 0.670. The van der Waals surface area contributed by atoms with Gasteiger partial charge >= 0.3 is 0 Å². The Labute approximate surface area is 106 Å². The number of piperidine rings is 1. The van der Waals surface area contributed by atoms with Crippen molar-refractivity contribution in [2.24, 2.45) is 0 Å². The van der Waals surface area contributed by atoms with E-state index in [1.165, 1.54) is 25.8 Å². The van der Waals surface area contributed by atoms with E-state index in [1.54, 1.807) is 14.2 Å². The van der Waals surface area contributed by atoms with Crippen molar-refractivity contribution < 1.29 is 9.47 Å². The van der Waals surface area contributed by atoms with E-state index in [-0.39, 0.29) is 0 Å². The van der Waals surface area contributed by atoms with Crippen LogP contribution in [0.3, 0.4) is 0 Å². The molecule has 0 unspecified atom stereocenters. The van der Waals surface area contributed by atoms with Crippen LogP contribution in [-0.4, -0.2) is 64.6 Å². The lowest BCUT2D eigenvalue weighted by molar-refractivity contribution is 0.123. The van der Waals surface area contributed by atoms with Crippen LogP contribution in [0.25, 0.3) is 0 Å². The summed E-state index contributed by atoms with van der Waals surface area (Å²) in [7, 11) is 3.54. The molecule has 1 saturated heterocycles. The fourth-order valence-corrected chi connectivity index (χ4v) is 2.34. The number of hydrogen-bond acceptors (Lipinski definition) is 4. The third-order valence-electron chi connectivity index (χ3n) is 3.33. The third-order valence-corrected chi connectivity index (χ3v) is 3.33. The Balaban J connectivity index is 2.22. The van der Waals surface area contributed by atoms with E-state index in [1.807, 2.05) is 0 Å². The Bertz CT molecular complexity index is 173. The maximum Gasteiger partial charge on any atom is 0.0589 e. The average molecular weight is 244 g/mol. The highest BCUT2D eigenvalue weighted by atomic mass is 16.5. The van der Waals surface area contributed by atoms with Crippen molar-refractivity contribution in [1.82, 2.24) is 10.2 Å². The second-order valence-corrected chi connectivity index (χ2v) is 4.79. The molecule has 17 heavy (non-hydrogen) atoms. The molecule has 1 fully saturated rings. The zero-order valence-electron chi connectivity index (χ0n) is 11.4. The Morgan fingerprint density at radius 3 is 2.59 bits per heavy atom. The van der Waals surface area contributed by atoms with Crippen molar-refractivity contribution in [1.29, 1.82) is 0 Å². The molecule has 1 N–H and O–H groups in total. The molecule has 1 heterocycles. The van der Waals surface area contributed by atoms with E-state index in [0.29, 0.717) is 6.04 Å². The second kappa shape index (κ2) is 9.83. The van der Waals surface area contributed by atoms with E-state index in [9.17, 15) is 0 Å². The minimum absolute atomic E-state index is 0.670. The maximum atomic E-state index is 5.17. The zero-order chi connectivity index (χ0) is 12.3. The number of nitrogens with zero attached hydrogens (tertiary/aromatic N) is 1. The highest BCUT2D eigenvalue weighted by Gasteiger charge is 2.16. The van der Waals surface area contributed by atoms with Crippen molar-refractivity contribution >= 4 is 0 Å². The molecule has 1 aliphatic rings. The largest absolute Gasteiger partial charge is 0.385 e. The molecule has 0 radical (unpaired) electrons. The van der Waals surface area contributed by atoms with E-state index in [0.717, 1.165) is 39.3 Å². The summed E-state index contributed by atoms with van der Waals surface area (Å²) in [5, 5.41) is 3.60. The van der Waals surface area contributed by atoms with Crippen molar-refractivity contribution in [2.75, 3.05) is 53.6 Å². The van der Waals surface area contributed by atoms with Gasteiger partial charge in [-0.1, -0.05) is 6.42 Å². The van der Waals surface area contributed by atoms with Gasteiger partial charge in [0.15, 0.2) is 0 Å². The van der Waals surface area contributed by atoms with E-state index in [2.05, 4.69) is 10.2 Å². The van der Waals surface area contributed by atoms with E-state index in [4.69, 9.17) is 9.47 Å². The number of methoxy groups -OCH3 is 2. The zero-order valence-corrected chi connectivity index (χ0v) is 11.4. The average Bonchev–Trinajstić information content (AvgIpc) is 2.37. The topological polar surface area (TPSA) is 33.7 Å². The molecule has 1 atom stereocenters. The summed E-state index contributed by atoms with van der Waals surface area (Å²) in [6, 6.07) is 0.670. The molecule has 0 aliphatic carbocycles. The predicted octanol–water partition coefficient (Wildman–Crippen LogP) is 1.11. The molecule has 0 aromatic carbocycles. The molecule has 4 nitrogen and oxygen atoms in total. The van der Waals surface area contributed by atoms with Gasteiger partial charge in [0.05, 0.1) is 6.61 Å². The van der Waals surface area contributed by atoms with Crippen LogP contribution in [0.2, 0.25) is 0 Å². The quantitative estimate of drug-likeness (QED) is 0.616. The first-order valence-electron chi connectivity index (χ1n) is 6.80. The van der Waals surface area contributed by atoms with Crippen molar-refractivity contribution in [3.05, 3.63) is 0 Å². The lowest BCUT2D eigenvalue weighted by Gasteiger charge is -2.30. The Morgan fingerprint density at radius 1 is 1.12 bits per heavy atom. The number of nitrogens with one attached hydrogen (secondary N) is 1. The molecule has 1 rings (SSSR count). The van der Waals surface area contributed by atoms with Gasteiger partial charge in [0.2, 0.25) is 0 Å². The molecule has 0 aromatic rings. The van der Waals surface area contributed by atoms with Gasteiger partial charge in [0, 0.05) is 46.5 Å². The summed E-state index contributed by atoms with van der Waals surface area (Å²) >= 11 is 0. The first-order valence-corrected chi connectivity index (χ1v) is 6.80. The van der Waals surface area contributed by atoms with Crippen LogP contribution >= 0.6 is 0 Å². The monoisotopic (exact) mass is 244 g/mol. The van der Waals surface area contributed by atoms with Gasteiger partial charge in [-0.25, -0.2) is 0 Å². The molecule has 0 spiro atoms. The lowest BCUT2D eigenvalue weighted by Crippen LogP contribution is -2.45. The fraction of sp³-hybridized carbons (Fsp3) is 1.00. The number of hydrogen-bond donors (Lipinski definition) is 1. The highest BCUT2D eigenvalue weighted by molar-refractivity contribution is 4.76. The predicted molar refractivity (Wildman–Crippen MR) is 70.5 cm³/mol. The van der Waals surface area contributed by atoms with Crippen LogP contribution in [-0.2, 0) is 9.47 Å². The molecule has 0 saturated carbocycles. The van der Waals surface area contributed by atoms with Gasteiger partial charge in [-0.2, -0.15) is 0 Å². The Hall–Kier alpha value is -0.160. The molecule has 0 bridgehead atoms. The molecule has 102 valence electrons. The highest BCUT2D eigenvalue weighted by Crippen LogP contribution is 2.08. The van der Waals surface area contributed by atoms with E-state index >= 15 is 0 Å². The van der Waals surface area contributed by atoms with Gasteiger partial charge in [-0.15, -0.1) is 0 Å². The molecular weight excluding hydrogens is 216 g/mol. The van der Waals surface area contributed by atoms with Gasteiger partial charge in [0.1, 0.15) is 0 Å². The van der Waals surface area contributed by atoms with Crippen molar-refractivity contribution in [3.8, 4) is 0 Å². The summed E-state index contributed by atoms with van der Waals surface area (Å²) in [5.74, 6) is 0. The maximum absolute atomic E-state index is 5.17. The van der Waals surface area contributed by atoms with Crippen LogP contribution in [0.5, 0.6) is 0 Å². The molecular formula is C13H28N2O2. The third kappa shape index (κ3) is 6.99. The lowest BCUT2D eigenvalue weighted by atomic mass is 10.0. The molecule has 0 aromatic heterocycles. The Kier molecular flexibility index (Phi) is 8.61. The second-order valence-electron chi connectivity index (χ2n) is 4.79. The van der Waals surface area contributed by atoms with Crippen LogP contribution < -0.4 is 5.32 Å². The van der Waals surface area contributed by atoms with E-state index < -0.39 is 0 Å². The van der Waals surface area contributed by atoms with Crippen LogP contribution in [0, 0.1) is 0 Å². The van der Waals surface area contributed by atoms with Crippen LogP contribution in [0.15, 0.2) is 0 Å². The summed E-state index contributed by atoms with van der Waals surface area (Å²) < 4.78 is 10.3. The SMILES string of the molecule is COCCCN(CCOC)C[C@H]1CCCCN1. The van der Waals surface area contributed by atoms with Crippen molar-refractivity contribution in [3.63, 3.8) is 0 Å². The van der Waals surface area contributed by atoms with Gasteiger partial charge in [-0.05, 0) is 25.8 Å². The molecule has 4 heteroatoms. The van der Waals surface area contributed by atoms with Crippen LogP contribution in [0.4, 0.5) is 0 Å².